The number of hydrogen-bond donors (Lipinski definition) is 2. The molecule has 1 heterocycles. The molecule has 1 aliphatic rings. The number of amides is 2. The van der Waals surface area contributed by atoms with Crippen molar-refractivity contribution in [3.8, 4) is 0 Å². The van der Waals surface area contributed by atoms with Crippen LogP contribution in [0.3, 0.4) is 0 Å². The summed E-state index contributed by atoms with van der Waals surface area (Å²) in [6.45, 7) is 9.82. The standard InChI is InChI=1S/C25H42N2O5S2/c1-16(2)11-20-22(28)13-19(25(31)32-6)15-34-10-8-7-9-33-14-18(5)23(29)27-21(12-17(3)4)24(30)26-20/h7-8,16-21H,9-15H2,1-6H3,(H,26,30)(H,27,29)/b8-7+/t18-,19-,20-,21?/m0/s1. The summed E-state index contributed by atoms with van der Waals surface area (Å²) in [5.74, 6) is 1.07. The predicted octanol–water partition coefficient (Wildman–Crippen LogP) is 3.47. The summed E-state index contributed by atoms with van der Waals surface area (Å²) in [5.41, 5.74) is 0. The van der Waals surface area contributed by atoms with Gasteiger partial charge in [-0.3, -0.25) is 19.2 Å². The fourth-order valence-electron chi connectivity index (χ4n) is 3.60. The Labute approximate surface area is 213 Å². The number of rotatable bonds is 5. The SMILES string of the molecule is COC(=O)[C@@H]1CSC/C=C/CSC[C@H](C)C(=O)NC(CC(C)C)C(=O)N[C@@H](CC(C)C)C(=O)C1. The van der Waals surface area contributed by atoms with Gasteiger partial charge in [0.15, 0.2) is 5.78 Å². The Morgan fingerprint density at radius 1 is 0.941 bits per heavy atom. The van der Waals surface area contributed by atoms with Crippen molar-refractivity contribution in [2.75, 3.05) is 30.1 Å². The molecule has 1 unspecified atom stereocenters. The third-order valence-corrected chi connectivity index (χ3v) is 7.69. The summed E-state index contributed by atoms with van der Waals surface area (Å²) in [6, 6.07) is -1.43. The summed E-state index contributed by atoms with van der Waals surface area (Å²) in [5, 5.41) is 5.80. The Hall–Kier alpha value is -1.48. The van der Waals surface area contributed by atoms with Crippen LogP contribution < -0.4 is 10.6 Å². The molecular weight excluding hydrogens is 472 g/mol. The first-order valence-electron chi connectivity index (χ1n) is 12.1. The molecule has 0 aromatic heterocycles. The fraction of sp³-hybridized carbons (Fsp3) is 0.760. The van der Waals surface area contributed by atoms with E-state index in [1.807, 2.05) is 40.7 Å². The van der Waals surface area contributed by atoms with Gasteiger partial charge in [0.1, 0.15) is 6.04 Å². The molecule has 4 atom stereocenters. The van der Waals surface area contributed by atoms with Crippen LogP contribution in [0.1, 0.15) is 53.9 Å². The molecule has 9 heteroatoms. The highest BCUT2D eigenvalue weighted by Gasteiger charge is 2.31. The van der Waals surface area contributed by atoms with Gasteiger partial charge in [-0.05, 0) is 24.7 Å². The molecule has 0 spiro atoms. The second-order valence-corrected chi connectivity index (χ2v) is 11.9. The van der Waals surface area contributed by atoms with Gasteiger partial charge in [-0.25, -0.2) is 0 Å². The second kappa shape index (κ2) is 16.2. The number of thioether (sulfide) groups is 2. The van der Waals surface area contributed by atoms with E-state index in [0.29, 0.717) is 24.3 Å². The average molecular weight is 515 g/mol. The molecule has 0 saturated carbocycles. The van der Waals surface area contributed by atoms with Gasteiger partial charge >= 0.3 is 5.97 Å². The molecule has 0 aromatic rings. The molecule has 1 aliphatic heterocycles. The smallest absolute Gasteiger partial charge is 0.309 e. The number of ether oxygens (including phenoxy) is 1. The molecule has 1 rings (SSSR count). The van der Waals surface area contributed by atoms with Crippen LogP contribution in [0.4, 0.5) is 0 Å². The van der Waals surface area contributed by atoms with E-state index in [9.17, 15) is 19.2 Å². The van der Waals surface area contributed by atoms with Crippen LogP contribution in [-0.4, -0.2) is 65.8 Å². The van der Waals surface area contributed by atoms with Crippen molar-refractivity contribution < 1.29 is 23.9 Å². The van der Waals surface area contributed by atoms with Gasteiger partial charge < -0.3 is 15.4 Å². The minimum atomic E-state index is -0.719. The third-order valence-electron chi connectivity index (χ3n) is 5.46. The molecule has 0 fully saturated rings. The number of methoxy groups -OCH3 is 1. The van der Waals surface area contributed by atoms with Gasteiger partial charge in [-0.2, -0.15) is 23.5 Å². The zero-order valence-electron chi connectivity index (χ0n) is 21.4. The van der Waals surface area contributed by atoms with Crippen LogP contribution in [-0.2, 0) is 23.9 Å². The molecule has 0 aliphatic carbocycles. The Balaban J connectivity index is 3.18. The quantitative estimate of drug-likeness (QED) is 0.428. The molecule has 0 aromatic carbocycles. The third kappa shape index (κ3) is 11.8. The lowest BCUT2D eigenvalue weighted by atomic mass is 9.93. The van der Waals surface area contributed by atoms with Crippen LogP contribution in [0, 0.1) is 23.7 Å². The van der Waals surface area contributed by atoms with E-state index in [0.717, 1.165) is 11.5 Å². The van der Waals surface area contributed by atoms with Crippen molar-refractivity contribution in [2.45, 2.75) is 66.0 Å². The van der Waals surface area contributed by atoms with Crippen molar-refractivity contribution in [3.05, 3.63) is 12.2 Å². The molecule has 0 radical (unpaired) electrons. The lowest BCUT2D eigenvalue weighted by Gasteiger charge is -2.26. The summed E-state index contributed by atoms with van der Waals surface area (Å²) in [6.07, 6.45) is 5.04. The van der Waals surface area contributed by atoms with E-state index in [1.165, 1.54) is 7.11 Å². The number of ketones is 1. The normalized spacial score (nSPS) is 27.5. The minimum Gasteiger partial charge on any atom is -0.469 e. The van der Waals surface area contributed by atoms with E-state index in [1.54, 1.807) is 23.5 Å². The molecule has 34 heavy (non-hydrogen) atoms. The zero-order chi connectivity index (χ0) is 25.7. The lowest BCUT2D eigenvalue weighted by Crippen LogP contribution is -2.53. The average Bonchev–Trinajstić information content (AvgIpc) is 2.76. The molecule has 0 saturated heterocycles. The summed E-state index contributed by atoms with van der Waals surface area (Å²) in [4.78, 5) is 51.5. The monoisotopic (exact) mass is 514 g/mol. The maximum absolute atomic E-state index is 13.2. The summed E-state index contributed by atoms with van der Waals surface area (Å²) in [7, 11) is 1.33. The van der Waals surface area contributed by atoms with Crippen LogP contribution in [0.2, 0.25) is 0 Å². The van der Waals surface area contributed by atoms with E-state index in [2.05, 4.69) is 16.7 Å². The number of Topliss-reactive ketones (excluding diaryl/α,β-unsaturated/α-hetero) is 1. The minimum absolute atomic E-state index is 0.00907. The van der Waals surface area contributed by atoms with Gasteiger partial charge in [0, 0.05) is 35.4 Å². The van der Waals surface area contributed by atoms with Gasteiger partial charge in [0.05, 0.1) is 19.1 Å². The maximum Gasteiger partial charge on any atom is 0.309 e. The number of nitrogens with one attached hydrogen (secondary N) is 2. The van der Waals surface area contributed by atoms with Gasteiger partial charge in [0.2, 0.25) is 11.8 Å². The molecule has 194 valence electrons. The molecule has 0 bridgehead atoms. The first-order chi connectivity index (χ1) is 16.0. The highest BCUT2D eigenvalue weighted by molar-refractivity contribution is 7.99. The van der Waals surface area contributed by atoms with Gasteiger partial charge in [0.25, 0.3) is 0 Å². The van der Waals surface area contributed by atoms with Crippen molar-refractivity contribution in [1.82, 2.24) is 10.6 Å². The largest absolute Gasteiger partial charge is 0.469 e. The fourth-order valence-corrected chi connectivity index (χ4v) is 5.46. The topological polar surface area (TPSA) is 102 Å². The molecule has 7 nitrogen and oxygen atoms in total. The molecule has 2 N–H and O–H groups in total. The first kappa shape index (κ1) is 30.6. The van der Waals surface area contributed by atoms with Crippen molar-refractivity contribution in [3.63, 3.8) is 0 Å². The molecular formula is C25H42N2O5S2. The van der Waals surface area contributed by atoms with E-state index >= 15 is 0 Å². The maximum atomic E-state index is 13.2. The van der Waals surface area contributed by atoms with Gasteiger partial charge in [-0.15, -0.1) is 0 Å². The van der Waals surface area contributed by atoms with E-state index < -0.39 is 24.0 Å². The molecule has 2 amide bonds. The Kier molecular flexibility index (Phi) is 14.6. The van der Waals surface area contributed by atoms with Crippen LogP contribution in [0.15, 0.2) is 12.2 Å². The van der Waals surface area contributed by atoms with Crippen molar-refractivity contribution >= 4 is 47.1 Å². The Bertz CT molecular complexity index is 711. The number of carbonyl (C=O) groups excluding carboxylic acids is 4. The van der Waals surface area contributed by atoms with Crippen LogP contribution >= 0.6 is 23.5 Å². The highest BCUT2D eigenvalue weighted by atomic mass is 32.2. The summed E-state index contributed by atoms with van der Waals surface area (Å²) < 4.78 is 4.93. The van der Waals surface area contributed by atoms with Crippen molar-refractivity contribution in [2.24, 2.45) is 23.7 Å². The van der Waals surface area contributed by atoms with Crippen LogP contribution in [0.25, 0.3) is 0 Å². The number of hydrogen-bond acceptors (Lipinski definition) is 7. The van der Waals surface area contributed by atoms with Crippen molar-refractivity contribution in [1.29, 1.82) is 0 Å². The second-order valence-electron chi connectivity index (χ2n) is 9.72. The highest BCUT2D eigenvalue weighted by Crippen LogP contribution is 2.19. The Morgan fingerprint density at radius 3 is 2.03 bits per heavy atom. The zero-order valence-corrected chi connectivity index (χ0v) is 23.1. The Morgan fingerprint density at radius 2 is 1.47 bits per heavy atom. The van der Waals surface area contributed by atoms with E-state index in [-0.39, 0.29) is 41.8 Å². The lowest BCUT2D eigenvalue weighted by molar-refractivity contribution is -0.146. The van der Waals surface area contributed by atoms with E-state index in [4.69, 9.17) is 4.74 Å². The summed E-state index contributed by atoms with van der Waals surface area (Å²) >= 11 is 3.24. The van der Waals surface area contributed by atoms with Crippen LogP contribution in [0.5, 0.6) is 0 Å². The number of esters is 1. The first-order valence-corrected chi connectivity index (χ1v) is 14.4. The predicted molar refractivity (Wildman–Crippen MR) is 141 cm³/mol. The number of carbonyl (C=O) groups is 4. The van der Waals surface area contributed by atoms with Gasteiger partial charge in [-0.1, -0.05) is 46.8 Å².